The van der Waals surface area contributed by atoms with Gasteiger partial charge in [-0.2, -0.15) is 5.10 Å². The zero-order valence-corrected chi connectivity index (χ0v) is 14.2. The molecule has 3 aromatic rings. The molecule has 0 saturated heterocycles. The number of rotatable bonds is 5. The summed E-state index contributed by atoms with van der Waals surface area (Å²) in [5, 5.41) is 4.48. The van der Waals surface area contributed by atoms with Gasteiger partial charge in [-0.05, 0) is 31.2 Å². The highest BCUT2D eigenvalue weighted by Crippen LogP contribution is 2.22. The predicted octanol–water partition coefficient (Wildman–Crippen LogP) is 2.62. The van der Waals surface area contributed by atoms with Crippen molar-refractivity contribution in [2.45, 2.75) is 26.1 Å². The van der Waals surface area contributed by atoms with Crippen LogP contribution in [-0.4, -0.2) is 37.8 Å². The van der Waals surface area contributed by atoms with Crippen LogP contribution in [0.15, 0.2) is 54.9 Å². The van der Waals surface area contributed by atoms with Gasteiger partial charge in [-0.25, -0.2) is 4.98 Å². The third-order valence-corrected chi connectivity index (χ3v) is 4.35. The van der Waals surface area contributed by atoms with E-state index in [0.717, 1.165) is 31.0 Å². The van der Waals surface area contributed by atoms with Gasteiger partial charge >= 0.3 is 0 Å². The third kappa shape index (κ3) is 3.69. The highest BCUT2D eigenvalue weighted by molar-refractivity contribution is 5.12. The minimum atomic E-state index is 0.158. The van der Waals surface area contributed by atoms with Crippen LogP contribution < -0.4 is 4.74 Å². The fourth-order valence-electron chi connectivity index (χ4n) is 3.24. The smallest absolute Gasteiger partial charge is 0.213 e. The van der Waals surface area contributed by atoms with E-state index in [1.165, 1.54) is 5.69 Å². The molecular formula is C19H21N5O. The van der Waals surface area contributed by atoms with Crippen LogP contribution in [0.2, 0.25) is 0 Å². The van der Waals surface area contributed by atoms with Gasteiger partial charge in [-0.3, -0.25) is 14.6 Å². The molecule has 0 saturated carbocycles. The molecule has 0 aliphatic carbocycles. The Morgan fingerprint density at radius 2 is 2.08 bits per heavy atom. The van der Waals surface area contributed by atoms with E-state index in [-0.39, 0.29) is 6.04 Å². The minimum Gasteiger partial charge on any atom is -0.475 e. The third-order valence-electron chi connectivity index (χ3n) is 4.35. The molecule has 0 radical (unpaired) electrons. The largest absolute Gasteiger partial charge is 0.475 e. The van der Waals surface area contributed by atoms with Crippen LogP contribution in [0.25, 0.3) is 0 Å². The lowest BCUT2D eigenvalue weighted by molar-refractivity contribution is 0.124. The molecule has 3 aromatic heterocycles. The first-order valence-electron chi connectivity index (χ1n) is 8.49. The number of pyridine rings is 2. The molecule has 0 N–H and O–H groups in total. The number of aromatic nitrogens is 4. The summed E-state index contributed by atoms with van der Waals surface area (Å²) < 4.78 is 7.95. The van der Waals surface area contributed by atoms with Crippen molar-refractivity contribution in [3.05, 3.63) is 71.9 Å². The number of ether oxygens (including phenoxy) is 1. The van der Waals surface area contributed by atoms with Crippen LogP contribution in [0.1, 0.15) is 23.1 Å². The Morgan fingerprint density at radius 3 is 2.92 bits per heavy atom. The lowest BCUT2D eigenvalue weighted by Gasteiger charge is -2.33. The fourth-order valence-corrected chi connectivity index (χ4v) is 3.24. The quantitative estimate of drug-likeness (QED) is 0.717. The monoisotopic (exact) mass is 335 g/mol. The average molecular weight is 335 g/mol. The molecule has 0 unspecified atom stereocenters. The van der Waals surface area contributed by atoms with E-state index >= 15 is 0 Å². The standard InChI is InChI=1S/C19H21N5O/c1-15-5-4-6-16(22-15)11-23-12-17-8-10-21-24(17)18(13-23)14-25-19-7-2-3-9-20-19/h2-10,18H,11-14H2,1H3/t18-/m0/s1. The number of hydrogen-bond donors (Lipinski definition) is 0. The van der Waals surface area contributed by atoms with Crippen LogP contribution in [0.5, 0.6) is 5.88 Å². The second-order valence-corrected chi connectivity index (χ2v) is 6.34. The molecule has 4 heterocycles. The molecule has 6 nitrogen and oxygen atoms in total. The lowest BCUT2D eigenvalue weighted by Crippen LogP contribution is -2.39. The Bertz CT molecular complexity index is 833. The Labute approximate surface area is 147 Å². The van der Waals surface area contributed by atoms with Crippen molar-refractivity contribution in [2.75, 3.05) is 13.2 Å². The Morgan fingerprint density at radius 1 is 1.12 bits per heavy atom. The van der Waals surface area contributed by atoms with Crippen LogP contribution in [0.4, 0.5) is 0 Å². The summed E-state index contributed by atoms with van der Waals surface area (Å²) in [7, 11) is 0. The Hall–Kier alpha value is -2.73. The van der Waals surface area contributed by atoms with Crippen molar-refractivity contribution in [3.8, 4) is 5.88 Å². The summed E-state index contributed by atoms with van der Waals surface area (Å²) in [6.45, 7) is 5.14. The van der Waals surface area contributed by atoms with Crippen molar-refractivity contribution in [3.63, 3.8) is 0 Å². The van der Waals surface area contributed by atoms with E-state index in [1.807, 2.05) is 37.4 Å². The molecule has 25 heavy (non-hydrogen) atoms. The molecule has 1 aliphatic rings. The molecule has 0 fully saturated rings. The average Bonchev–Trinajstić information content (AvgIpc) is 3.09. The van der Waals surface area contributed by atoms with Crippen LogP contribution >= 0.6 is 0 Å². The molecule has 0 spiro atoms. The summed E-state index contributed by atoms with van der Waals surface area (Å²) >= 11 is 0. The van der Waals surface area contributed by atoms with Crippen molar-refractivity contribution >= 4 is 0 Å². The van der Waals surface area contributed by atoms with E-state index in [4.69, 9.17) is 4.74 Å². The maximum absolute atomic E-state index is 5.88. The molecule has 0 aromatic carbocycles. The first-order chi connectivity index (χ1) is 12.3. The lowest BCUT2D eigenvalue weighted by atomic mass is 10.2. The fraction of sp³-hybridized carbons (Fsp3) is 0.316. The van der Waals surface area contributed by atoms with E-state index in [0.29, 0.717) is 12.5 Å². The number of hydrogen-bond acceptors (Lipinski definition) is 5. The van der Waals surface area contributed by atoms with Gasteiger partial charge in [0.05, 0.1) is 17.4 Å². The summed E-state index contributed by atoms with van der Waals surface area (Å²) in [5.41, 5.74) is 3.35. The molecule has 6 heteroatoms. The van der Waals surface area contributed by atoms with E-state index < -0.39 is 0 Å². The van der Waals surface area contributed by atoms with Crippen molar-refractivity contribution in [2.24, 2.45) is 0 Å². The topological polar surface area (TPSA) is 56.1 Å². The molecule has 1 atom stereocenters. The van der Waals surface area contributed by atoms with Crippen molar-refractivity contribution < 1.29 is 4.74 Å². The normalized spacial score (nSPS) is 17.2. The van der Waals surface area contributed by atoms with Gasteiger partial charge in [0.2, 0.25) is 5.88 Å². The van der Waals surface area contributed by atoms with E-state index in [2.05, 4.69) is 42.8 Å². The number of nitrogens with zero attached hydrogens (tertiary/aromatic N) is 5. The SMILES string of the molecule is Cc1cccc(CN2Cc3ccnn3[C@H](COc3ccccn3)C2)n1. The van der Waals surface area contributed by atoms with Gasteiger partial charge in [0, 0.05) is 43.8 Å². The first kappa shape index (κ1) is 15.8. The summed E-state index contributed by atoms with van der Waals surface area (Å²) in [6, 6.07) is 14.1. The number of aryl methyl sites for hydroxylation is 1. The predicted molar refractivity (Wildman–Crippen MR) is 94.1 cm³/mol. The van der Waals surface area contributed by atoms with Crippen molar-refractivity contribution in [1.82, 2.24) is 24.6 Å². The molecule has 0 bridgehead atoms. The summed E-state index contributed by atoms with van der Waals surface area (Å²) in [6.07, 6.45) is 3.60. The zero-order valence-electron chi connectivity index (χ0n) is 14.2. The maximum atomic E-state index is 5.88. The first-order valence-corrected chi connectivity index (χ1v) is 8.49. The van der Waals surface area contributed by atoms with E-state index in [9.17, 15) is 0 Å². The second-order valence-electron chi connectivity index (χ2n) is 6.34. The van der Waals surface area contributed by atoms with Gasteiger partial charge in [0.15, 0.2) is 0 Å². The van der Waals surface area contributed by atoms with Crippen LogP contribution in [0.3, 0.4) is 0 Å². The molecule has 0 amide bonds. The molecular weight excluding hydrogens is 314 g/mol. The van der Waals surface area contributed by atoms with Gasteiger partial charge in [0.1, 0.15) is 6.61 Å². The van der Waals surface area contributed by atoms with Gasteiger partial charge < -0.3 is 4.74 Å². The Balaban J connectivity index is 1.47. The summed E-state index contributed by atoms with van der Waals surface area (Å²) in [4.78, 5) is 11.2. The number of fused-ring (bicyclic) bond motifs is 1. The zero-order chi connectivity index (χ0) is 17.1. The van der Waals surface area contributed by atoms with Gasteiger partial charge in [-0.15, -0.1) is 0 Å². The molecule has 1 aliphatic heterocycles. The minimum absolute atomic E-state index is 0.158. The summed E-state index contributed by atoms with van der Waals surface area (Å²) in [5.74, 6) is 0.647. The van der Waals surface area contributed by atoms with Gasteiger partial charge in [-0.1, -0.05) is 12.1 Å². The van der Waals surface area contributed by atoms with Crippen molar-refractivity contribution in [1.29, 1.82) is 0 Å². The Kier molecular flexibility index (Phi) is 4.43. The molecule has 128 valence electrons. The van der Waals surface area contributed by atoms with Crippen LogP contribution in [0, 0.1) is 6.92 Å². The van der Waals surface area contributed by atoms with E-state index in [1.54, 1.807) is 6.20 Å². The van der Waals surface area contributed by atoms with Crippen LogP contribution in [-0.2, 0) is 13.1 Å². The van der Waals surface area contributed by atoms with Gasteiger partial charge in [0.25, 0.3) is 0 Å². The second kappa shape index (κ2) is 7.03. The highest BCUT2D eigenvalue weighted by atomic mass is 16.5. The maximum Gasteiger partial charge on any atom is 0.213 e. The highest BCUT2D eigenvalue weighted by Gasteiger charge is 2.26. The molecule has 4 rings (SSSR count).